The number of amides is 2. The first-order chi connectivity index (χ1) is 6.02. The molecule has 0 aliphatic carbocycles. The van der Waals surface area contributed by atoms with Crippen LogP contribution in [0.25, 0.3) is 0 Å². The Morgan fingerprint density at radius 3 is 2.08 bits per heavy atom. The van der Waals surface area contributed by atoms with Gasteiger partial charge in [0.2, 0.25) is 11.8 Å². The number of carbonyl (C=O) groups is 2. The van der Waals surface area contributed by atoms with Crippen molar-refractivity contribution < 1.29 is 9.59 Å². The van der Waals surface area contributed by atoms with Gasteiger partial charge < -0.3 is 10.6 Å². The molecule has 13 heavy (non-hydrogen) atoms. The monoisotopic (exact) mass is 184 g/mol. The zero-order valence-corrected chi connectivity index (χ0v) is 8.31. The van der Waals surface area contributed by atoms with Crippen molar-refractivity contribution in [2.24, 2.45) is 0 Å². The first-order valence-corrected chi connectivity index (χ1v) is 4.19. The molecule has 4 nitrogen and oxygen atoms in total. The Hall–Kier alpha value is -1.32. The van der Waals surface area contributed by atoms with E-state index in [2.05, 4.69) is 10.6 Å². The number of nitrogens with one attached hydrogen (secondary N) is 2. The molecule has 0 aromatic heterocycles. The standard InChI is InChI=1S/C9H16N2O2/c1-7(2)6-9(13)11-5-4-10-8(3)12/h6H,4-5H2,1-3H3,(H,10,12)(H,11,13). The van der Waals surface area contributed by atoms with Crippen LogP contribution in [0.15, 0.2) is 11.6 Å². The molecule has 0 atom stereocenters. The molecule has 2 amide bonds. The minimum atomic E-state index is -0.120. The molecule has 0 aliphatic heterocycles. The van der Waals surface area contributed by atoms with Crippen LogP contribution in [0, 0.1) is 0 Å². The molecule has 0 spiro atoms. The SMILES string of the molecule is CC(=O)NCCNC(=O)C=C(C)C. The molecule has 0 saturated carbocycles. The topological polar surface area (TPSA) is 58.2 Å². The summed E-state index contributed by atoms with van der Waals surface area (Å²) in [4.78, 5) is 21.4. The summed E-state index contributed by atoms with van der Waals surface area (Å²) in [5, 5.41) is 5.22. The summed E-state index contributed by atoms with van der Waals surface area (Å²) in [5.74, 6) is -0.207. The van der Waals surface area contributed by atoms with Gasteiger partial charge >= 0.3 is 0 Å². The molecule has 0 saturated heterocycles. The molecule has 0 bridgehead atoms. The number of carbonyl (C=O) groups excluding carboxylic acids is 2. The largest absolute Gasteiger partial charge is 0.355 e. The highest BCUT2D eigenvalue weighted by Crippen LogP contribution is 1.86. The lowest BCUT2D eigenvalue weighted by Gasteiger charge is -2.02. The van der Waals surface area contributed by atoms with E-state index in [1.54, 1.807) is 0 Å². The van der Waals surface area contributed by atoms with Crippen LogP contribution in [0.1, 0.15) is 20.8 Å². The second-order valence-corrected chi connectivity index (χ2v) is 3.00. The molecule has 0 aromatic rings. The Labute approximate surface area is 78.4 Å². The zero-order chi connectivity index (χ0) is 10.3. The molecule has 0 fully saturated rings. The number of allylic oxidation sites excluding steroid dienone is 1. The summed E-state index contributed by atoms with van der Waals surface area (Å²) in [6.07, 6.45) is 1.52. The fraction of sp³-hybridized carbons (Fsp3) is 0.556. The Balaban J connectivity index is 3.49. The summed E-state index contributed by atoms with van der Waals surface area (Å²) in [7, 11) is 0. The molecule has 0 rings (SSSR count). The quantitative estimate of drug-likeness (QED) is 0.484. The molecule has 4 heteroatoms. The fourth-order valence-electron chi connectivity index (χ4n) is 0.737. The van der Waals surface area contributed by atoms with E-state index < -0.39 is 0 Å². The van der Waals surface area contributed by atoms with E-state index in [-0.39, 0.29) is 11.8 Å². The summed E-state index contributed by atoms with van der Waals surface area (Å²) >= 11 is 0. The third-order valence-corrected chi connectivity index (χ3v) is 1.22. The van der Waals surface area contributed by atoms with Gasteiger partial charge in [0, 0.05) is 26.1 Å². The van der Waals surface area contributed by atoms with Gasteiger partial charge in [-0.05, 0) is 13.8 Å². The van der Waals surface area contributed by atoms with Crippen LogP contribution in [0.5, 0.6) is 0 Å². The van der Waals surface area contributed by atoms with Crippen LogP contribution in [0.2, 0.25) is 0 Å². The number of rotatable bonds is 4. The molecular weight excluding hydrogens is 168 g/mol. The highest BCUT2D eigenvalue weighted by atomic mass is 16.2. The molecule has 2 N–H and O–H groups in total. The summed E-state index contributed by atoms with van der Waals surface area (Å²) in [6.45, 7) is 6.08. The first-order valence-electron chi connectivity index (χ1n) is 4.19. The van der Waals surface area contributed by atoms with Crippen LogP contribution >= 0.6 is 0 Å². The molecule has 0 aromatic carbocycles. The highest BCUT2D eigenvalue weighted by Gasteiger charge is 1.95. The lowest BCUT2D eigenvalue weighted by molar-refractivity contribution is -0.119. The predicted molar refractivity (Wildman–Crippen MR) is 51.1 cm³/mol. The van der Waals surface area contributed by atoms with E-state index in [1.165, 1.54) is 13.0 Å². The van der Waals surface area contributed by atoms with Crippen LogP contribution in [-0.4, -0.2) is 24.9 Å². The lowest BCUT2D eigenvalue weighted by Crippen LogP contribution is -2.32. The maximum atomic E-state index is 11.0. The van der Waals surface area contributed by atoms with Crippen molar-refractivity contribution in [1.82, 2.24) is 10.6 Å². The Kier molecular flexibility index (Phi) is 5.59. The van der Waals surface area contributed by atoms with Crippen molar-refractivity contribution in [1.29, 1.82) is 0 Å². The third kappa shape index (κ3) is 8.59. The molecule has 0 aliphatic rings. The van der Waals surface area contributed by atoms with Gasteiger partial charge in [0.1, 0.15) is 0 Å². The van der Waals surface area contributed by atoms with Gasteiger partial charge in [-0.15, -0.1) is 0 Å². The summed E-state index contributed by atoms with van der Waals surface area (Å²) in [6, 6.07) is 0. The van der Waals surface area contributed by atoms with Gasteiger partial charge in [0.05, 0.1) is 0 Å². The molecule has 0 heterocycles. The van der Waals surface area contributed by atoms with Gasteiger partial charge in [-0.2, -0.15) is 0 Å². The Morgan fingerprint density at radius 1 is 1.08 bits per heavy atom. The second kappa shape index (κ2) is 6.22. The fourth-order valence-corrected chi connectivity index (χ4v) is 0.737. The second-order valence-electron chi connectivity index (χ2n) is 3.00. The van der Waals surface area contributed by atoms with E-state index in [1.807, 2.05) is 13.8 Å². The molecular formula is C9H16N2O2. The average Bonchev–Trinajstić information content (AvgIpc) is 1.96. The Morgan fingerprint density at radius 2 is 1.62 bits per heavy atom. The van der Waals surface area contributed by atoms with Crippen molar-refractivity contribution in [2.75, 3.05) is 13.1 Å². The zero-order valence-electron chi connectivity index (χ0n) is 8.31. The summed E-state index contributed by atoms with van der Waals surface area (Å²) < 4.78 is 0. The van der Waals surface area contributed by atoms with E-state index in [0.717, 1.165) is 5.57 Å². The Bertz CT molecular complexity index is 218. The summed E-state index contributed by atoms with van der Waals surface area (Å²) in [5.41, 5.74) is 0.956. The van der Waals surface area contributed by atoms with Crippen molar-refractivity contribution >= 4 is 11.8 Å². The average molecular weight is 184 g/mol. The maximum absolute atomic E-state index is 11.0. The van der Waals surface area contributed by atoms with Crippen LogP contribution in [0.3, 0.4) is 0 Å². The number of hydrogen-bond acceptors (Lipinski definition) is 2. The predicted octanol–water partition coefficient (Wildman–Crippen LogP) is 0.205. The first kappa shape index (κ1) is 11.7. The van der Waals surface area contributed by atoms with E-state index in [4.69, 9.17) is 0 Å². The lowest BCUT2D eigenvalue weighted by atomic mass is 10.3. The van der Waals surface area contributed by atoms with Crippen molar-refractivity contribution in [3.63, 3.8) is 0 Å². The highest BCUT2D eigenvalue weighted by molar-refractivity contribution is 5.88. The van der Waals surface area contributed by atoms with Gasteiger partial charge in [-0.25, -0.2) is 0 Å². The number of hydrogen-bond donors (Lipinski definition) is 2. The third-order valence-electron chi connectivity index (χ3n) is 1.22. The van der Waals surface area contributed by atoms with Crippen molar-refractivity contribution in [3.05, 3.63) is 11.6 Å². The van der Waals surface area contributed by atoms with Gasteiger partial charge in [-0.3, -0.25) is 9.59 Å². The van der Waals surface area contributed by atoms with E-state index in [9.17, 15) is 9.59 Å². The van der Waals surface area contributed by atoms with Crippen LogP contribution in [-0.2, 0) is 9.59 Å². The van der Waals surface area contributed by atoms with Gasteiger partial charge in [-0.1, -0.05) is 5.57 Å². The van der Waals surface area contributed by atoms with Crippen molar-refractivity contribution in [2.45, 2.75) is 20.8 Å². The molecule has 0 radical (unpaired) electrons. The molecule has 74 valence electrons. The van der Waals surface area contributed by atoms with Gasteiger partial charge in [0.25, 0.3) is 0 Å². The van der Waals surface area contributed by atoms with E-state index >= 15 is 0 Å². The minimum Gasteiger partial charge on any atom is -0.355 e. The normalized spacial score (nSPS) is 8.85. The minimum absolute atomic E-state index is 0.0866. The van der Waals surface area contributed by atoms with Crippen LogP contribution < -0.4 is 10.6 Å². The smallest absolute Gasteiger partial charge is 0.243 e. The van der Waals surface area contributed by atoms with E-state index in [0.29, 0.717) is 13.1 Å². The van der Waals surface area contributed by atoms with Gasteiger partial charge in [0.15, 0.2) is 0 Å². The van der Waals surface area contributed by atoms with Crippen molar-refractivity contribution in [3.8, 4) is 0 Å². The van der Waals surface area contributed by atoms with Crippen LogP contribution in [0.4, 0.5) is 0 Å². The maximum Gasteiger partial charge on any atom is 0.243 e. The molecule has 0 unspecified atom stereocenters.